The molecular formula is C32H33ClF2N2O2S. The molecule has 4 aromatic rings. The Kier molecular flexibility index (Phi) is 8.45. The fraction of sp³-hybridized carbons (Fsp3) is 0.344. The number of nitrogens with one attached hydrogen (secondary N) is 1. The minimum Gasteiger partial charge on any atom is -0.496 e. The highest BCUT2D eigenvalue weighted by Gasteiger charge is 2.32. The van der Waals surface area contributed by atoms with Gasteiger partial charge in [-0.1, -0.05) is 60.1 Å². The minimum absolute atomic E-state index is 0.0286. The molecule has 1 fully saturated rings. The van der Waals surface area contributed by atoms with Crippen LogP contribution in [0.1, 0.15) is 53.4 Å². The number of methoxy groups -OCH3 is 1. The molecule has 0 saturated heterocycles. The average Bonchev–Trinajstić information content (AvgIpc) is 3.31. The molecule has 0 spiro atoms. The van der Waals surface area contributed by atoms with Crippen molar-refractivity contribution < 1.29 is 18.3 Å². The van der Waals surface area contributed by atoms with E-state index < -0.39 is 5.92 Å². The van der Waals surface area contributed by atoms with Crippen molar-refractivity contribution in [1.29, 1.82) is 0 Å². The van der Waals surface area contributed by atoms with Crippen LogP contribution in [0.2, 0.25) is 5.02 Å². The van der Waals surface area contributed by atoms with Crippen molar-refractivity contribution in [3.8, 4) is 16.9 Å². The standard InChI is InChI=1S/C32H33ClF2N2O2S/c1-32(34,35)23-11-8-20(9-12-23)21-10-17-27(39-3)22(18-21)19-37(25-15-13-24(36-2)14-16-25)31(38)30-29(33)26-6-4-5-7-28(26)40-30/h4-12,17-18,24-25,36H,13-16,19H2,1-3H3/t24-,25-. The van der Waals surface area contributed by atoms with E-state index in [1.165, 1.54) is 23.5 Å². The summed E-state index contributed by atoms with van der Waals surface area (Å²) in [6, 6.07) is 20.4. The summed E-state index contributed by atoms with van der Waals surface area (Å²) in [5.41, 5.74) is 2.51. The van der Waals surface area contributed by atoms with E-state index in [4.69, 9.17) is 16.3 Å². The van der Waals surface area contributed by atoms with Gasteiger partial charge in [0.2, 0.25) is 0 Å². The number of carbonyl (C=O) groups is 1. The first-order chi connectivity index (χ1) is 19.2. The van der Waals surface area contributed by atoms with Gasteiger partial charge in [-0.25, -0.2) is 8.78 Å². The van der Waals surface area contributed by atoms with E-state index in [1.54, 1.807) is 19.2 Å². The Hall–Kier alpha value is -3.00. The number of alkyl halides is 2. The van der Waals surface area contributed by atoms with E-state index in [2.05, 4.69) is 5.32 Å². The summed E-state index contributed by atoms with van der Waals surface area (Å²) in [7, 11) is 3.60. The lowest BCUT2D eigenvalue weighted by molar-refractivity contribution is 0.0175. The molecule has 1 aromatic heterocycles. The number of amides is 1. The lowest BCUT2D eigenvalue weighted by atomic mass is 9.89. The van der Waals surface area contributed by atoms with Crippen molar-refractivity contribution in [1.82, 2.24) is 10.2 Å². The second kappa shape index (κ2) is 11.9. The van der Waals surface area contributed by atoms with Gasteiger partial charge in [0.05, 0.1) is 12.1 Å². The summed E-state index contributed by atoms with van der Waals surface area (Å²) >= 11 is 8.19. The predicted molar refractivity (Wildman–Crippen MR) is 160 cm³/mol. The molecule has 8 heteroatoms. The maximum atomic E-state index is 14.2. The van der Waals surface area contributed by atoms with Crippen LogP contribution in [0, 0.1) is 0 Å². The topological polar surface area (TPSA) is 41.6 Å². The van der Waals surface area contributed by atoms with Gasteiger partial charge in [-0.05, 0) is 62.1 Å². The van der Waals surface area contributed by atoms with Gasteiger partial charge in [0.25, 0.3) is 11.8 Å². The molecule has 210 valence electrons. The minimum atomic E-state index is -2.90. The molecule has 0 aliphatic heterocycles. The number of hydrogen-bond donors (Lipinski definition) is 1. The maximum Gasteiger partial charge on any atom is 0.270 e. The first-order valence-corrected chi connectivity index (χ1v) is 14.7. The molecule has 1 aliphatic carbocycles. The molecule has 1 amide bonds. The zero-order chi connectivity index (χ0) is 28.4. The molecule has 0 bridgehead atoms. The van der Waals surface area contributed by atoms with Crippen molar-refractivity contribution in [2.45, 2.75) is 57.2 Å². The van der Waals surface area contributed by atoms with Gasteiger partial charge in [-0.2, -0.15) is 0 Å². The lowest BCUT2D eigenvalue weighted by Gasteiger charge is -2.37. The molecule has 40 heavy (non-hydrogen) atoms. The SMILES string of the molecule is CN[C@H]1CC[C@H](N(Cc2cc(-c3ccc(C(C)(F)F)cc3)ccc2OC)C(=O)c2sc3ccccc3c2Cl)CC1. The summed E-state index contributed by atoms with van der Waals surface area (Å²) < 4.78 is 34.2. The van der Waals surface area contributed by atoms with Gasteiger partial charge in [-0.15, -0.1) is 11.3 Å². The smallest absolute Gasteiger partial charge is 0.270 e. The Bertz CT molecular complexity index is 1490. The van der Waals surface area contributed by atoms with E-state index >= 15 is 0 Å². The van der Waals surface area contributed by atoms with E-state index in [9.17, 15) is 13.6 Å². The third-order valence-electron chi connectivity index (χ3n) is 7.88. The van der Waals surface area contributed by atoms with E-state index in [-0.39, 0.29) is 17.5 Å². The lowest BCUT2D eigenvalue weighted by Crippen LogP contribution is -2.44. The van der Waals surface area contributed by atoms with Crippen LogP contribution >= 0.6 is 22.9 Å². The highest BCUT2D eigenvalue weighted by atomic mass is 35.5. The third kappa shape index (κ3) is 5.87. The second-order valence-corrected chi connectivity index (χ2v) is 11.9. The molecule has 1 saturated carbocycles. The summed E-state index contributed by atoms with van der Waals surface area (Å²) in [4.78, 5) is 16.7. The van der Waals surface area contributed by atoms with Crippen LogP contribution in [0.5, 0.6) is 5.75 Å². The number of ether oxygens (including phenoxy) is 1. The van der Waals surface area contributed by atoms with Crippen molar-refractivity contribution in [2.75, 3.05) is 14.2 Å². The van der Waals surface area contributed by atoms with Gasteiger partial charge < -0.3 is 15.0 Å². The van der Waals surface area contributed by atoms with Crippen molar-refractivity contribution in [3.05, 3.63) is 87.8 Å². The molecule has 0 unspecified atom stereocenters. The Morgan fingerprint density at radius 1 is 1.05 bits per heavy atom. The summed E-state index contributed by atoms with van der Waals surface area (Å²) in [5.74, 6) is -2.31. The van der Waals surface area contributed by atoms with Crippen LogP contribution in [-0.4, -0.2) is 37.0 Å². The van der Waals surface area contributed by atoms with Crippen molar-refractivity contribution in [2.24, 2.45) is 0 Å². The van der Waals surface area contributed by atoms with E-state index in [0.717, 1.165) is 59.4 Å². The average molecular weight is 583 g/mol. The van der Waals surface area contributed by atoms with E-state index in [1.807, 2.05) is 54.4 Å². The molecule has 4 nitrogen and oxygen atoms in total. The van der Waals surface area contributed by atoms with Crippen LogP contribution in [0.15, 0.2) is 66.7 Å². The van der Waals surface area contributed by atoms with Crippen molar-refractivity contribution >= 4 is 38.9 Å². The largest absolute Gasteiger partial charge is 0.496 e. The highest BCUT2D eigenvalue weighted by molar-refractivity contribution is 7.21. The quantitative estimate of drug-likeness (QED) is 0.226. The fourth-order valence-corrected chi connectivity index (χ4v) is 7.01. The van der Waals surface area contributed by atoms with Gasteiger partial charge in [-0.3, -0.25) is 4.79 Å². The third-order valence-corrected chi connectivity index (χ3v) is 9.55. The zero-order valence-electron chi connectivity index (χ0n) is 22.8. The molecule has 3 aromatic carbocycles. The van der Waals surface area contributed by atoms with E-state index in [0.29, 0.717) is 28.2 Å². The Labute approximate surface area is 242 Å². The number of hydrogen-bond acceptors (Lipinski definition) is 4. The highest BCUT2D eigenvalue weighted by Crippen LogP contribution is 2.38. The van der Waals surface area contributed by atoms with Crippen molar-refractivity contribution in [3.63, 3.8) is 0 Å². The van der Waals surface area contributed by atoms with Gasteiger partial charge in [0, 0.05) is 46.8 Å². The normalized spacial score (nSPS) is 17.6. The van der Waals surface area contributed by atoms with Crippen LogP contribution < -0.4 is 10.1 Å². The zero-order valence-corrected chi connectivity index (χ0v) is 24.4. The first-order valence-electron chi connectivity index (χ1n) is 13.5. The molecule has 1 N–H and O–H groups in total. The number of nitrogens with zero attached hydrogens (tertiary/aromatic N) is 1. The fourth-order valence-electron chi connectivity index (χ4n) is 5.55. The maximum absolute atomic E-state index is 14.2. The molecule has 0 radical (unpaired) electrons. The van der Waals surface area contributed by atoms with Crippen LogP contribution in [0.25, 0.3) is 21.2 Å². The van der Waals surface area contributed by atoms with Crippen LogP contribution in [-0.2, 0) is 12.5 Å². The number of rotatable bonds is 8. The number of fused-ring (bicyclic) bond motifs is 1. The van der Waals surface area contributed by atoms with Gasteiger partial charge >= 0.3 is 0 Å². The molecular weight excluding hydrogens is 550 g/mol. The van der Waals surface area contributed by atoms with Gasteiger partial charge in [0.15, 0.2) is 0 Å². The number of halogens is 3. The summed E-state index contributed by atoms with van der Waals surface area (Å²) in [6.45, 7) is 1.24. The summed E-state index contributed by atoms with van der Waals surface area (Å²) in [5, 5.41) is 4.75. The van der Waals surface area contributed by atoms with Gasteiger partial charge in [0.1, 0.15) is 10.6 Å². The second-order valence-electron chi connectivity index (χ2n) is 10.5. The molecule has 1 heterocycles. The Balaban J connectivity index is 1.51. The first kappa shape index (κ1) is 28.5. The monoisotopic (exact) mass is 582 g/mol. The van der Waals surface area contributed by atoms with Crippen LogP contribution in [0.3, 0.4) is 0 Å². The number of benzene rings is 3. The molecule has 0 atom stereocenters. The molecule has 5 rings (SSSR count). The van der Waals surface area contributed by atoms with Crippen LogP contribution in [0.4, 0.5) is 8.78 Å². The predicted octanol–water partition coefficient (Wildman–Crippen LogP) is 8.52. The Morgan fingerprint density at radius 2 is 1.73 bits per heavy atom. The Morgan fingerprint density at radius 3 is 2.35 bits per heavy atom. The summed E-state index contributed by atoms with van der Waals surface area (Å²) in [6.07, 6.45) is 3.73. The molecule has 1 aliphatic rings. The number of thiophene rings is 1. The number of carbonyl (C=O) groups excluding carboxylic acids is 1.